The van der Waals surface area contributed by atoms with Gasteiger partial charge in [0.05, 0.1) is 12.6 Å². The molecule has 0 bridgehead atoms. The van der Waals surface area contributed by atoms with Crippen LogP contribution in [0.25, 0.3) is 0 Å². The smallest absolute Gasteiger partial charge is 0.0635 e. The van der Waals surface area contributed by atoms with Gasteiger partial charge in [-0.3, -0.25) is 0 Å². The maximum Gasteiger partial charge on any atom is 0.0635 e. The molecule has 0 fully saturated rings. The average molecular weight is 122 g/mol. The molecule has 0 aliphatic carbocycles. The lowest BCUT2D eigenvalue weighted by Gasteiger charge is -1.90. The minimum atomic E-state index is 0.561. The minimum Gasteiger partial charge on any atom is -0.305 e. The molecule has 0 atom stereocenters. The zero-order chi connectivity index (χ0) is 6.95. The van der Waals surface area contributed by atoms with Crippen LogP contribution in [0, 0.1) is 23.2 Å². The van der Waals surface area contributed by atoms with Crippen molar-refractivity contribution in [2.75, 3.05) is 13.1 Å². The topological polar surface area (TPSA) is 35.8 Å². The second-order valence-electron chi connectivity index (χ2n) is 1.51. The molecule has 2 nitrogen and oxygen atoms in total. The molecule has 0 aliphatic heterocycles. The molecule has 0 amide bonds. The molecule has 0 saturated heterocycles. The molecule has 0 saturated carbocycles. The van der Waals surface area contributed by atoms with Gasteiger partial charge >= 0.3 is 0 Å². The van der Waals surface area contributed by atoms with Gasteiger partial charge in [-0.1, -0.05) is 5.92 Å². The Morgan fingerprint density at radius 1 is 1.56 bits per heavy atom. The summed E-state index contributed by atoms with van der Waals surface area (Å²) in [5, 5.41) is 11.1. The highest BCUT2D eigenvalue weighted by Crippen LogP contribution is 1.67. The van der Waals surface area contributed by atoms with Crippen LogP contribution in [0.2, 0.25) is 0 Å². The predicted molar refractivity (Wildman–Crippen MR) is 36.5 cm³/mol. The third-order valence-corrected chi connectivity index (χ3v) is 0.804. The van der Waals surface area contributed by atoms with Crippen LogP contribution < -0.4 is 5.32 Å². The van der Waals surface area contributed by atoms with Crippen LogP contribution in [0.3, 0.4) is 0 Å². The van der Waals surface area contributed by atoms with Crippen molar-refractivity contribution in [1.82, 2.24) is 5.32 Å². The second kappa shape index (κ2) is 7.01. The number of rotatable bonds is 3. The first-order chi connectivity index (χ1) is 4.41. The quantitative estimate of drug-likeness (QED) is 0.437. The molecule has 0 spiro atoms. The summed E-state index contributed by atoms with van der Waals surface area (Å²) >= 11 is 0. The second-order valence-corrected chi connectivity index (χ2v) is 1.51. The van der Waals surface area contributed by atoms with Gasteiger partial charge in [0, 0.05) is 13.0 Å². The fourth-order valence-electron chi connectivity index (χ4n) is 0.384. The van der Waals surface area contributed by atoms with Gasteiger partial charge in [-0.05, 0) is 6.92 Å². The first kappa shape index (κ1) is 8.01. The lowest BCUT2D eigenvalue weighted by atomic mass is 10.4. The number of hydrogen-bond acceptors (Lipinski definition) is 2. The maximum atomic E-state index is 8.10. The fraction of sp³-hybridized carbons (Fsp3) is 0.571. The Hall–Kier alpha value is -0.990. The molecule has 48 valence electrons. The summed E-state index contributed by atoms with van der Waals surface area (Å²) in [5.41, 5.74) is 0. The summed E-state index contributed by atoms with van der Waals surface area (Å²) in [6.07, 6.45) is 0.561. The highest BCUT2D eigenvalue weighted by Gasteiger charge is 1.78. The van der Waals surface area contributed by atoms with E-state index in [0.717, 1.165) is 6.54 Å². The third kappa shape index (κ3) is 7.01. The fourth-order valence-corrected chi connectivity index (χ4v) is 0.384. The van der Waals surface area contributed by atoms with E-state index in [0.29, 0.717) is 13.0 Å². The van der Waals surface area contributed by atoms with Gasteiger partial charge in [0.15, 0.2) is 0 Å². The van der Waals surface area contributed by atoms with E-state index in [4.69, 9.17) is 5.26 Å². The van der Waals surface area contributed by atoms with Crippen molar-refractivity contribution in [3.63, 3.8) is 0 Å². The Morgan fingerprint density at radius 2 is 2.33 bits per heavy atom. The van der Waals surface area contributed by atoms with E-state index >= 15 is 0 Å². The van der Waals surface area contributed by atoms with E-state index in [1.165, 1.54) is 0 Å². The summed E-state index contributed by atoms with van der Waals surface area (Å²) in [5.74, 6) is 5.59. The van der Waals surface area contributed by atoms with Crippen LogP contribution >= 0.6 is 0 Å². The maximum absolute atomic E-state index is 8.10. The molecule has 0 aromatic carbocycles. The van der Waals surface area contributed by atoms with Crippen LogP contribution in [-0.4, -0.2) is 13.1 Å². The van der Waals surface area contributed by atoms with Crippen molar-refractivity contribution in [3.8, 4) is 17.9 Å². The Bertz CT molecular complexity index is 145. The monoisotopic (exact) mass is 122 g/mol. The number of nitrogens with zero attached hydrogens (tertiary/aromatic N) is 1. The van der Waals surface area contributed by atoms with Crippen molar-refractivity contribution >= 4 is 0 Å². The SMILES string of the molecule is CC#CCNCCC#N. The van der Waals surface area contributed by atoms with Crippen molar-refractivity contribution < 1.29 is 0 Å². The molecular formula is C7H10N2. The van der Waals surface area contributed by atoms with Gasteiger partial charge in [0.2, 0.25) is 0 Å². The zero-order valence-electron chi connectivity index (χ0n) is 5.57. The van der Waals surface area contributed by atoms with Gasteiger partial charge < -0.3 is 5.32 Å². The lowest BCUT2D eigenvalue weighted by Crippen LogP contribution is -2.14. The molecule has 0 radical (unpaired) electrons. The summed E-state index contributed by atoms with van der Waals surface area (Å²) in [6.45, 7) is 3.23. The largest absolute Gasteiger partial charge is 0.305 e. The van der Waals surface area contributed by atoms with Gasteiger partial charge in [-0.25, -0.2) is 0 Å². The molecule has 2 heteroatoms. The highest BCUT2D eigenvalue weighted by molar-refractivity contribution is 4.96. The van der Waals surface area contributed by atoms with Crippen LogP contribution in [0.4, 0.5) is 0 Å². The Balaban J connectivity index is 2.91. The summed E-state index contributed by atoms with van der Waals surface area (Å²) in [7, 11) is 0. The summed E-state index contributed by atoms with van der Waals surface area (Å²) < 4.78 is 0. The zero-order valence-corrected chi connectivity index (χ0v) is 5.57. The van der Waals surface area contributed by atoms with E-state index in [9.17, 15) is 0 Å². The van der Waals surface area contributed by atoms with Crippen molar-refractivity contribution in [2.45, 2.75) is 13.3 Å². The molecular weight excluding hydrogens is 112 g/mol. The third-order valence-electron chi connectivity index (χ3n) is 0.804. The minimum absolute atomic E-state index is 0.561. The number of nitriles is 1. The van der Waals surface area contributed by atoms with Crippen LogP contribution in [-0.2, 0) is 0 Å². The molecule has 0 heterocycles. The summed E-state index contributed by atoms with van der Waals surface area (Å²) in [4.78, 5) is 0. The lowest BCUT2D eigenvalue weighted by molar-refractivity contribution is 0.770. The molecule has 0 aromatic rings. The molecule has 0 rings (SSSR count). The van der Waals surface area contributed by atoms with Crippen LogP contribution in [0.5, 0.6) is 0 Å². The summed E-state index contributed by atoms with van der Waals surface area (Å²) in [6, 6.07) is 2.03. The number of nitrogens with one attached hydrogen (secondary N) is 1. The van der Waals surface area contributed by atoms with E-state index in [2.05, 4.69) is 17.2 Å². The molecule has 0 unspecified atom stereocenters. The number of hydrogen-bond donors (Lipinski definition) is 1. The van der Waals surface area contributed by atoms with Crippen LogP contribution in [0.15, 0.2) is 0 Å². The molecule has 0 aromatic heterocycles. The Morgan fingerprint density at radius 3 is 2.89 bits per heavy atom. The highest BCUT2D eigenvalue weighted by atomic mass is 14.8. The van der Waals surface area contributed by atoms with Gasteiger partial charge in [-0.2, -0.15) is 5.26 Å². The standard InChI is InChI=1S/C7H10N2/c1-2-3-6-9-7-4-5-8/h9H,4,6-7H2,1H3. The predicted octanol–water partition coefficient (Wildman–Crippen LogP) is 0.513. The first-order valence-corrected chi connectivity index (χ1v) is 2.89. The van der Waals surface area contributed by atoms with E-state index in [1.807, 2.05) is 6.07 Å². The molecule has 1 N–H and O–H groups in total. The average Bonchev–Trinajstić information content (AvgIpc) is 1.89. The van der Waals surface area contributed by atoms with Crippen LogP contribution in [0.1, 0.15) is 13.3 Å². The molecule has 9 heavy (non-hydrogen) atoms. The van der Waals surface area contributed by atoms with Crippen molar-refractivity contribution in [3.05, 3.63) is 0 Å². The van der Waals surface area contributed by atoms with E-state index < -0.39 is 0 Å². The Labute approximate surface area is 55.9 Å². The van der Waals surface area contributed by atoms with E-state index in [1.54, 1.807) is 6.92 Å². The van der Waals surface area contributed by atoms with Gasteiger partial charge in [-0.15, -0.1) is 5.92 Å². The Kier molecular flexibility index (Phi) is 6.24. The van der Waals surface area contributed by atoms with Gasteiger partial charge in [0.25, 0.3) is 0 Å². The van der Waals surface area contributed by atoms with Crippen molar-refractivity contribution in [1.29, 1.82) is 5.26 Å². The normalized spacial score (nSPS) is 7.11. The molecule has 0 aliphatic rings. The van der Waals surface area contributed by atoms with Crippen molar-refractivity contribution in [2.24, 2.45) is 0 Å². The van der Waals surface area contributed by atoms with E-state index in [-0.39, 0.29) is 0 Å². The van der Waals surface area contributed by atoms with Gasteiger partial charge in [0.1, 0.15) is 0 Å². The first-order valence-electron chi connectivity index (χ1n) is 2.89.